The van der Waals surface area contributed by atoms with Gasteiger partial charge in [0, 0.05) is 24.8 Å². The number of nitrogens with one attached hydrogen (secondary N) is 1. The number of aryl methyl sites for hydroxylation is 1. The molecular weight excluding hydrogens is 240 g/mol. The Morgan fingerprint density at radius 1 is 1.37 bits per heavy atom. The maximum Gasteiger partial charge on any atom is 0.144 e. The average molecular weight is 266 g/mol. The van der Waals surface area contributed by atoms with E-state index in [1.807, 2.05) is 26.8 Å². The molecule has 0 aliphatic rings. The van der Waals surface area contributed by atoms with Gasteiger partial charge in [0.25, 0.3) is 0 Å². The van der Waals surface area contributed by atoms with Crippen LogP contribution in [0.3, 0.4) is 0 Å². The number of hydrogen-bond acceptors (Lipinski definition) is 5. The highest BCUT2D eigenvalue weighted by molar-refractivity contribution is 5.35. The lowest BCUT2D eigenvalue weighted by molar-refractivity contribution is 0.0623. The first-order valence-electron chi connectivity index (χ1n) is 6.89. The van der Waals surface area contributed by atoms with Gasteiger partial charge in [0.05, 0.1) is 19.3 Å². The van der Waals surface area contributed by atoms with Crippen LogP contribution < -0.4 is 5.32 Å². The zero-order valence-corrected chi connectivity index (χ0v) is 12.7. The van der Waals surface area contributed by atoms with E-state index in [1.165, 1.54) is 0 Å². The molecule has 0 radical (unpaired) electrons. The van der Waals surface area contributed by atoms with Gasteiger partial charge < -0.3 is 10.1 Å². The van der Waals surface area contributed by atoms with E-state index in [4.69, 9.17) is 4.74 Å². The number of anilines is 1. The number of likely N-dealkylation sites (N-methyl/N-ethyl adjacent to an activating group) is 1. The van der Waals surface area contributed by atoms with Crippen LogP contribution in [0.4, 0.5) is 5.82 Å². The van der Waals surface area contributed by atoms with Crippen molar-refractivity contribution in [3.63, 3.8) is 0 Å². The molecule has 0 bridgehead atoms. The van der Waals surface area contributed by atoms with Crippen LogP contribution in [0.5, 0.6) is 0 Å². The zero-order valence-electron chi connectivity index (χ0n) is 12.7. The number of nitrogens with zero attached hydrogens (tertiary/aromatic N) is 3. The van der Waals surface area contributed by atoms with E-state index in [-0.39, 0.29) is 6.10 Å². The van der Waals surface area contributed by atoms with E-state index < -0.39 is 0 Å². The molecule has 1 rings (SSSR count). The Kier molecular flexibility index (Phi) is 6.73. The van der Waals surface area contributed by atoms with Gasteiger partial charge in [-0.25, -0.2) is 9.97 Å². The van der Waals surface area contributed by atoms with E-state index >= 15 is 0 Å². The molecular formula is C14H26N4O. The molecule has 0 amide bonds. The summed E-state index contributed by atoms with van der Waals surface area (Å²) in [6.07, 6.45) is 0.281. The van der Waals surface area contributed by atoms with E-state index in [1.54, 1.807) is 0 Å². The standard InChI is InChI=1S/C14H26N4O/c1-6-15-13-9-12(4)16-14(17-13)10-18(5)7-8-19-11(2)3/h9,11H,6-8,10H2,1-5H3,(H,15,16,17). The Bertz CT molecular complexity index is 382. The molecule has 0 spiro atoms. The molecule has 108 valence electrons. The predicted octanol–water partition coefficient (Wildman–Crippen LogP) is 2.07. The van der Waals surface area contributed by atoms with Crippen molar-refractivity contribution in [3.8, 4) is 0 Å². The summed E-state index contributed by atoms with van der Waals surface area (Å²) in [6, 6.07) is 1.97. The van der Waals surface area contributed by atoms with Gasteiger partial charge in [-0.05, 0) is 34.7 Å². The van der Waals surface area contributed by atoms with Crippen molar-refractivity contribution in [2.24, 2.45) is 0 Å². The molecule has 1 aromatic rings. The highest BCUT2D eigenvalue weighted by atomic mass is 16.5. The van der Waals surface area contributed by atoms with Gasteiger partial charge in [0.2, 0.25) is 0 Å². The summed E-state index contributed by atoms with van der Waals surface area (Å²) in [7, 11) is 2.06. The summed E-state index contributed by atoms with van der Waals surface area (Å²) in [5.74, 6) is 1.75. The van der Waals surface area contributed by atoms with Crippen LogP contribution in [0.15, 0.2) is 6.07 Å². The first-order chi connectivity index (χ1) is 9.01. The third-order valence-corrected chi connectivity index (χ3v) is 2.59. The maximum atomic E-state index is 5.54. The Morgan fingerprint density at radius 3 is 2.74 bits per heavy atom. The van der Waals surface area contributed by atoms with Crippen molar-refractivity contribution in [2.75, 3.05) is 32.1 Å². The third kappa shape index (κ3) is 6.50. The van der Waals surface area contributed by atoms with Gasteiger partial charge in [-0.3, -0.25) is 4.90 Å². The van der Waals surface area contributed by atoms with E-state index in [2.05, 4.69) is 34.2 Å². The van der Waals surface area contributed by atoms with Crippen LogP contribution in [0.1, 0.15) is 32.3 Å². The topological polar surface area (TPSA) is 50.3 Å². The molecule has 1 aromatic heterocycles. The van der Waals surface area contributed by atoms with Crippen molar-refractivity contribution in [2.45, 2.75) is 40.3 Å². The van der Waals surface area contributed by atoms with E-state index in [9.17, 15) is 0 Å². The third-order valence-electron chi connectivity index (χ3n) is 2.59. The van der Waals surface area contributed by atoms with Crippen molar-refractivity contribution >= 4 is 5.82 Å². The van der Waals surface area contributed by atoms with Crippen molar-refractivity contribution < 1.29 is 4.74 Å². The summed E-state index contributed by atoms with van der Waals surface area (Å²) in [4.78, 5) is 11.1. The molecule has 1 N–H and O–H groups in total. The van der Waals surface area contributed by atoms with E-state index in [0.29, 0.717) is 0 Å². The van der Waals surface area contributed by atoms with Crippen LogP contribution in [0.2, 0.25) is 0 Å². The Morgan fingerprint density at radius 2 is 2.11 bits per heavy atom. The Hall–Kier alpha value is -1.20. The summed E-state index contributed by atoms with van der Waals surface area (Å²) in [6.45, 7) is 11.4. The lowest BCUT2D eigenvalue weighted by atomic mass is 10.4. The minimum atomic E-state index is 0.281. The second kappa shape index (κ2) is 8.07. The summed E-state index contributed by atoms with van der Waals surface area (Å²) >= 11 is 0. The molecule has 5 heteroatoms. The molecule has 0 aliphatic carbocycles. The van der Waals surface area contributed by atoms with Gasteiger partial charge in [-0.2, -0.15) is 0 Å². The van der Waals surface area contributed by atoms with Gasteiger partial charge in [-0.15, -0.1) is 0 Å². The van der Waals surface area contributed by atoms with Crippen LogP contribution in [0.25, 0.3) is 0 Å². The summed E-state index contributed by atoms with van der Waals surface area (Å²) in [5.41, 5.74) is 0.993. The quantitative estimate of drug-likeness (QED) is 0.780. The molecule has 1 heterocycles. The maximum absolute atomic E-state index is 5.54. The molecule has 0 saturated heterocycles. The lowest BCUT2D eigenvalue weighted by Gasteiger charge is -2.17. The SMILES string of the molecule is CCNc1cc(C)nc(CN(C)CCOC(C)C)n1. The van der Waals surface area contributed by atoms with Crippen LogP contribution in [-0.2, 0) is 11.3 Å². The molecule has 5 nitrogen and oxygen atoms in total. The second-order valence-corrected chi connectivity index (χ2v) is 5.00. The lowest BCUT2D eigenvalue weighted by Crippen LogP contribution is -2.25. The van der Waals surface area contributed by atoms with Crippen molar-refractivity contribution in [1.29, 1.82) is 0 Å². The minimum Gasteiger partial charge on any atom is -0.377 e. The van der Waals surface area contributed by atoms with Crippen LogP contribution in [0, 0.1) is 6.92 Å². The van der Waals surface area contributed by atoms with Crippen molar-refractivity contribution in [3.05, 3.63) is 17.6 Å². The highest BCUT2D eigenvalue weighted by Gasteiger charge is 2.06. The first-order valence-corrected chi connectivity index (χ1v) is 6.89. The fraction of sp³-hybridized carbons (Fsp3) is 0.714. The van der Waals surface area contributed by atoms with Crippen molar-refractivity contribution in [1.82, 2.24) is 14.9 Å². The second-order valence-electron chi connectivity index (χ2n) is 5.00. The number of aromatic nitrogens is 2. The Labute approximate surface area is 116 Å². The Balaban J connectivity index is 2.51. The molecule has 0 fully saturated rings. The van der Waals surface area contributed by atoms with Gasteiger partial charge in [0.1, 0.15) is 11.6 Å². The predicted molar refractivity (Wildman–Crippen MR) is 78.4 cm³/mol. The smallest absolute Gasteiger partial charge is 0.144 e. The molecule has 0 saturated carbocycles. The average Bonchev–Trinajstić information content (AvgIpc) is 2.27. The normalized spacial score (nSPS) is 11.3. The van der Waals surface area contributed by atoms with Crippen LogP contribution in [-0.4, -0.2) is 47.7 Å². The zero-order chi connectivity index (χ0) is 14.3. The highest BCUT2D eigenvalue weighted by Crippen LogP contribution is 2.07. The summed E-state index contributed by atoms with van der Waals surface area (Å²) in [5, 5.41) is 3.23. The molecule has 0 aromatic carbocycles. The van der Waals surface area contributed by atoms with E-state index in [0.717, 1.165) is 43.6 Å². The molecule has 19 heavy (non-hydrogen) atoms. The number of rotatable bonds is 8. The van der Waals surface area contributed by atoms with Gasteiger partial charge >= 0.3 is 0 Å². The fourth-order valence-corrected chi connectivity index (χ4v) is 1.74. The van der Waals surface area contributed by atoms with Crippen LogP contribution >= 0.6 is 0 Å². The summed E-state index contributed by atoms with van der Waals surface area (Å²) < 4.78 is 5.54. The fourth-order valence-electron chi connectivity index (χ4n) is 1.74. The molecule has 0 unspecified atom stereocenters. The number of ether oxygens (including phenoxy) is 1. The molecule has 0 atom stereocenters. The van der Waals surface area contributed by atoms with Gasteiger partial charge in [-0.1, -0.05) is 0 Å². The molecule has 0 aliphatic heterocycles. The largest absolute Gasteiger partial charge is 0.377 e. The van der Waals surface area contributed by atoms with Gasteiger partial charge in [0.15, 0.2) is 0 Å². The monoisotopic (exact) mass is 266 g/mol. The number of hydrogen-bond donors (Lipinski definition) is 1. The first kappa shape index (κ1) is 15.9. The minimum absolute atomic E-state index is 0.281.